The number of amides is 2. The van der Waals surface area contributed by atoms with Crippen molar-refractivity contribution >= 4 is 39.2 Å². The molecule has 9 heteroatoms. The third kappa shape index (κ3) is 3.78. The van der Waals surface area contributed by atoms with Crippen LogP contribution in [0.4, 0.5) is 9.93 Å². The van der Waals surface area contributed by atoms with Gasteiger partial charge in [0.1, 0.15) is 11.0 Å². The van der Waals surface area contributed by atoms with Crippen LogP contribution in [0.1, 0.15) is 17.9 Å². The van der Waals surface area contributed by atoms with E-state index in [1.54, 1.807) is 12.4 Å². The monoisotopic (exact) mass is 445 g/mol. The van der Waals surface area contributed by atoms with Crippen LogP contribution in [-0.2, 0) is 4.79 Å². The average molecular weight is 446 g/mol. The molecule has 0 spiro atoms. The van der Waals surface area contributed by atoms with Crippen molar-refractivity contribution in [3.05, 3.63) is 72.6 Å². The predicted octanol–water partition coefficient (Wildman–Crippen LogP) is 4.23. The van der Waals surface area contributed by atoms with E-state index in [9.17, 15) is 14.7 Å². The Bertz CT molecular complexity index is 1290. The van der Waals surface area contributed by atoms with E-state index in [4.69, 9.17) is 0 Å². The molecule has 0 aliphatic carbocycles. The van der Waals surface area contributed by atoms with E-state index in [-0.39, 0.29) is 5.92 Å². The number of fused-ring (bicyclic) bond motifs is 1. The zero-order valence-corrected chi connectivity index (χ0v) is 17.7. The normalized spacial score (nSPS) is 18.1. The largest absolute Gasteiger partial charge is 0.465 e. The van der Waals surface area contributed by atoms with Gasteiger partial charge in [-0.2, -0.15) is 0 Å². The molecule has 160 valence electrons. The summed E-state index contributed by atoms with van der Waals surface area (Å²) in [5.41, 5.74) is 1.83. The van der Waals surface area contributed by atoms with E-state index >= 15 is 0 Å². The van der Waals surface area contributed by atoms with Gasteiger partial charge in [-0.25, -0.2) is 4.79 Å². The lowest BCUT2D eigenvalue weighted by molar-refractivity contribution is -0.120. The number of anilines is 1. The molecule has 1 fully saturated rings. The molecule has 2 atom stereocenters. The highest BCUT2D eigenvalue weighted by Gasteiger charge is 2.42. The molecule has 2 N–H and O–H groups in total. The number of carboxylic acid groups (broad SMARTS) is 1. The van der Waals surface area contributed by atoms with Gasteiger partial charge < -0.3 is 5.11 Å². The molecule has 2 aromatic heterocycles. The molecule has 1 aliphatic heterocycles. The Morgan fingerprint density at radius 2 is 1.91 bits per heavy atom. The second-order valence-corrected chi connectivity index (χ2v) is 8.54. The van der Waals surface area contributed by atoms with Crippen LogP contribution in [0.3, 0.4) is 0 Å². The number of aromatic nitrogens is 3. The molecular formula is C23H19N5O3S. The highest BCUT2D eigenvalue weighted by molar-refractivity contribution is 7.18. The van der Waals surface area contributed by atoms with Gasteiger partial charge in [-0.15, -0.1) is 10.2 Å². The third-order valence-corrected chi connectivity index (χ3v) is 6.57. The fraction of sp³-hybridized carbons (Fsp3) is 0.174. The molecule has 0 radical (unpaired) electrons. The minimum atomic E-state index is -1.10. The summed E-state index contributed by atoms with van der Waals surface area (Å²) < 4.78 is 0. The maximum absolute atomic E-state index is 13.1. The first kappa shape index (κ1) is 20.1. The number of nitrogens with zero attached hydrogens (tertiary/aromatic N) is 4. The lowest BCUT2D eigenvalue weighted by Crippen LogP contribution is -2.44. The van der Waals surface area contributed by atoms with E-state index in [1.807, 2.05) is 54.6 Å². The van der Waals surface area contributed by atoms with Gasteiger partial charge in [-0.3, -0.25) is 20.0 Å². The molecule has 5 rings (SSSR count). The van der Waals surface area contributed by atoms with Gasteiger partial charge in [0.05, 0.1) is 0 Å². The van der Waals surface area contributed by atoms with E-state index < -0.39 is 18.0 Å². The zero-order chi connectivity index (χ0) is 22.1. The standard InChI is InChI=1S/C23H19N5O3S/c29-20(19-18(9-11-28(19)23(30)31)14-4-2-1-3-5-14)25-22-27-26-21(32-22)16-6-7-17-13-24-10-8-15(17)12-16/h1-8,10,12-13,18-19H,9,11H2,(H,30,31)(H,25,27,29). The second-order valence-electron chi connectivity index (χ2n) is 7.57. The summed E-state index contributed by atoms with van der Waals surface area (Å²) >= 11 is 1.25. The lowest BCUT2D eigenvalue weighted by atomic mass is 9.91. The van der Waals surface area contributed by atoms with Crippen molar-refractivity contribution < 1.29 is 14.7 Å². The van der Waals surface area contributed by atoms with Gasteiger partial charge in [0.25, 0.3) is 0 Å². The summed E-state index contributed by atoms with van der Waals surface area (Å²) in [6.07, 6.45) is 3.01. The predicted molar refractivity (Wildman–Crippen MR) is 122 cm³/mol. The summed E-state index contributed by atoms with van der Waals surface area (Å²) in [6, 6.07) is 16.5. The topological polar surface area (TPSA) is 108 Å². The van der Waals surface area contributed by atoms with Crippen LogP contribution >= 0.6 is 11.3 Å². The van der Waals surface area contributed by atoms with Crippen LogP contribution in [0.2, 0.25) is 0 Å². The molecule has 1 aliphatic rings. The molecule has 8 nitrogen and oxygen atoms in total. The molecule has 1 saturated heterocycles. The van der Waals surface area contributed by atoms with Gasteiger partial charge in [-0.1, -0.05) is 53.8 Å². The lowest BCUT2D eigenvalue weighted by Gasteiger charge is -2.24. The number of hydrogen-bond acceptors (Lipinski definition) is 6. The SMILES string of the molecule is O=C(Nc1nnc(-c2ccc3cnccc3c2)s1)C1C(c2ccccc2)CCN1C(=O)O. The smallest absolute Gasteiger partial charge is 0.408 e. The van der Waals surface area contributed by atoms with Crippen LogP contribution in [-0.4, -0.2) is 49.8 Å². The van der Waals surface area contributed by atoms with Crippen molar-refractivity contribution in [2.75, 3.05) is 11.9 Å². The number of pyridine rings is 1. The van der Waals surface area contributed by atoms with Gasteiger partial charge >= 0.3 is 6.09 Å². The number of hydrogen-bond donors (Lipinski definition) is 2. The first-order chi connectivity index (χ1) is 15.6. The fourth-order valence-electron chi connectivity index (χ4n) is 4.17. The van der Waals surface area contributed by atoms with Crippen molar-refractivity contribution in [3.63, 3.8) is 0 Å². The van der Waals surface area contributed by atoms with Crippen molar-refractivity contribution in [2.24, 2.45) is 0 Å². The van der Waals surface area contributed by atoms with E-state index in [1.165, 1.54) is 16.2 Å². The quantitative estimate of drug-likeness (QED) is 0.487. The van der Waals surface area contributed by atoms with E-state index in [0.717, 1.165) is 21.9 Å². The third-order valence-electron chi connectivity index (χ3n) is 5.68. The van der Waals surface area contributed by atoms with Gasteiger partial charge in [0.15, 0.2) is 0 Å². The van der Waals surface area contributed by atoms with Crippen molar-refractivity contribution in [2.45, 2.75) is 18.4 Å². The van der Waals surface area contributed by atoms with Crippen LogP contribution in [0.5, 0.6) is 0 Å². The molecule has 0 saturated carbocycles. The molecule has 2 aromatic carbocycles. The van der Waals surface area contributed by atoms with E-state index in [2.05, 4.69) is 20.5 Å². The maximum atomic E-state index is 13.1. The molecule has 0 bridgehead atoms. The van der Waals surface area contributed by atoms with Gasteiger partial charge in [-0.05, 0) is 29.5 Å². The summed E-state index contributed by atoms with van der Waals surface area (Å²) in [6.45, 7) is 0.306. The Balaban J connectivity index is 1.38. The summed E-state index contributed by atoms with van der Waals surface area (Å²) in [5, 5.41) is 23.8. The zero-order valence-electron chi connectivity index (χ0n) is 16.9. The van der Waals surface area contributed by atoms with Crippen molar-refractivity contribution in [1.82, 2.24) is 20.1 Å². The molecule has 2 unspecified atom stereocenters. The number of likely N-dealkylation sites (tertiary alicyclic amines) is 1. The molecular weight excluding hydrogens is 426 g/mol. The maximum Gasteiger partial charge on any atom is 0.408 e. The van der Waals surface area contributed by atoms with E-state index in [0.29, 0.717) is 23.1 Å². The average Bonchev–Trinajstić information content (AvgIpc) is 3.47. The second kappa shape index (κ2) is 8.35. The fourth-order valence-corrected chi connectivity index (χ4v) is 4.91. The highest BCUT2D eigenvalue weighted by atomic mass is 32.1. The number of carbonyl (C=O) groups excluding carboxylic acids is 1. The van der Waals surface area contributed by atoms with Gasteiger partial charge in [0, 0.05) is 35.8 Å². The number of benzene rings is 2. The summed E-state index contributed by atoms with van der Waals surface area (Å²) in [5.74, 6) is -0.611. The number of carbonyl (C=O) groups is 2. The minimum absolute atomic E-state index is 0.214. The molecule has 4 aromatic rings. The first-order valence-corrected chi connectivity index (χ1v) is 10.9. The molecule has 2 amide bonds. The Morgan fingerprint density at radius 1 is 1.06 bits per heavy atom. The number of nitrogens with one attached hydrogen (secondary N) is 1. The summed E-state index contributed by atoms with van der Waals surface area (Å²) in [4.78, 5) is 30.2. The molecule has 3 heterocycles. The van der Waals surface area contributed by atoms with Crippen LogP contribution in [0.25, 0.3) is 21.3 Å². The van der Waals surface area contributed by atoms with Crippen LogP contribution in [0.15, 0.2) is 67.0 Å². The Kier molecular flexibility index (Phi) is 5.24. The van der Waals surface area contributed by atoms with Crippen LogP contribution in [0, 0.1) is 0 Å². The van der Waals surface area contributed by atoms with Crippen molar-refractivity contribution in [1.29, 1.82) is 0 Å². The van der Waals surface area contributed by atoms with Gasteiger partial charge in [0.2, 0.25) is 11.0 Å². The number of rotatable bonds is 4. The Hall–Kier alpha value is -3.85. The van der Waals surface area contributed by atoms with Crippen molar-refractivity contribution in [3.8, 4) is 10.6 Å². The minimum Gasteiger partial charge on any atom is -0.465 e. The summed E-state index contributed by atoms with van der Waals surface area (Å²) in [7, 11) is 0. The molecule has 32 heavy (non-hydrogen) atoms. The Labute approximate surface area is 187 Å². The Morgan fingerprint density at radius 3 is 2.72 bits per heavy atom. The van der Waals surface area contributed by atoms with Crippen LogP contribution < -0.4 is 5.32 Å². The first-order valence-electron chi connectivity index (χ1n) is 10.1. The highest BCUT2D eigenvalue weighted by Crippen LogP contribution is 2.35.